The van der Waals surface area contributed by atoms with Crippen molar-refractivity contribution in [3.8, 4) is 0 Å². The summed E-state index contributed by atoms with van der Waals surface area (Å²) in [6, 6.07) is 18.3. The zero-order valence-electron chi connectivity index (χ0n) is 13.4. The van der Waals surface area contributed by atoms with Gasteiger partial charge < -0.3 is 0 Å². The van der Waals surface area contributed by atoms with Gasteiger partial charge in [0, 0.05) is 32.6 Å². The van der Waals surface area contributed by atoms with Gasteiger partial charge in [-0.1, -0.05) is 34.1 Å². The van der Waals surface area contributed by atoms with Crippen molar-refractivity contribution in [2.45, 2.75) is 0 Å². The van der Waals surface area contributed by atoms with Crippen LogP contribution in [0.5, 0.6) is 0 Å². The standard InChI is InChI=1S/C21H11BrN2O2/c22-17-8-7-16-19-14(17)4-1-5-15(19)20(25)24(21(16)26)13-6-9-18-12(11-13)3-2-10-23-18/h1-11H. The molecule has 0 saturated heterocycles. The molecule has 1 aliphatic heterocycles. The lowest BCUT2D eigenvalue weighted by molar-refractivity contribution is 0.0893. The second kappa shape index (κ2) is 5.47. The number of nitrogens with zero attached hydrogens (tertiary/aromatic N) is 2. The molecule has 5 heteroatoms. The molecule has 0 saturated carbocycles. The van der Waals surface area contributed by atoms with E-state index in [4.69, 9.17) is 0 Å². The number of halogens is 1. The molecule has 26 heavy (non-hydrogen) atoms. The Hall–Kier alpha value is -3.05. The maximum atomic E-state index is 13.1. The Bertz CT molecular complexity index is 1230. The van der Waals surface area contributed by atoms with Crippen molar-refractivity contribution in [2.75, 3.05) is 4.90 Å². The first kappa shape index (κ1) is 15.2. The number of rotatable bonds is 1. The van der Waals surface area contributed by atoms with Gasteiger partial charge in [-0.25, -0.2) is 4.90 Å². The van der Waals surface area contributed by atoms with Gasteiger partial charge in [0.1, 0.15) is 0 Å². The second-order valence-electron chi connectivity index (χ2n) is 6.15. The highest BCUT2D eigenvalue weighted by Gasteiger charge is 2.34. The zero-order valence-corrected chi connectivity index (χ0v) is 15.0. The molecule has 0 unspecified atom stereocenters. The minimum atomic E-state index is -0.311. The first-order chi connectivity index (χ1) is 12.6. The summed E-state index contributed by atoms with van der Waals surface area (Å²) in [4.78, 5) is 31.8. The topological polar surface area (TPSA) is 50.3 Å². The van der Waals surface area contributed by atoms with Crippen LogP contribution < -0.4 is 4.90 Å². The molecule has 0 fully saturated rings. The van der Waals surface area contributed by atoms with E-state index in [0.29, 0.717) is 22.2 Å². The molecule has 2 amide bonds. The highest BCUT2D eigenvalue weighted by Crippen LogP contribution is 2.36. The van der Waals surface area contributed by atoms with Gasteiger partial charge in [0.25, 0.3) is 11.8 Å². The Labute approximate surface area is 157 Å². The fourth-order valence-electron chi connectivity index (χ4n) is 3.50. The number of pyridine rings is 1. The Balaban J connectivity index is 1.75. The van der Waals surface area contributed by atoms with E-state index in [1.165, 1.54) is 4.90 Å². The van der Waals surface area contributed by atoms with Crippen LogP contribution in [-0.2, 0) is 0 Å². The van der Waals surface area contributed by atoms with Crippen LogP contribution in [0, 0.1) is 0 Å². The number of amides is 2. The molecular formula is C21H11BrN2O2. The normalized spacial score (nSPS) is 13.7. The smallest absolute Gasteiger partial charge is 0.265 e. The third kappa shape index (κ3) is 2.04. The van der Waals surface area contributed by atoms with Gasteiger partial charge in [-0.05, 0) is 47.9 Å². The van der Waals surface area contributed by atoms with Crippen molar-refractivity contribution in [3.63, 3.8) is 0 Å². The number of aromatic nitrogens is 1. The monoisotopic (exact) mass is 402 g/mol. The van der Waals surface area contributed by atoms with E-state index in [-0.39, 0.29) is 11.8 Å². The molecule has 124 valence electrons. The van der Waals surface area contributed by atoms with Gasteiger partial charge in [0.15, 0.2) is 0 Å². The summed E-state index contributed by atoms with van der Waals surface area (Å²) in [5.41, 5.74) is 2.43. The maximum absolute atomic E-state index is 13.1. The summed E-state index contributed by atoms with van der Waals surface area (Å²) < 4.78 is 0.865. The van der Waals surface area contributed by atoms with Gasteiger partial charge >= 0.3 is 0 Å². The number of fused-ring (bicyclic) bond motifs is 1. The van der Waals surface area contributed by atoms with Crippen molar-refractivity contribution in [1.82, 2.24) is 4.98 Å². The van der Waals surface area contributed by atoms with Crippen LogP contribution in [-0.4, -0.2) is 16.8 Å². The van der Waals surface area contributed by atoms with E-state index in [9.17, 15) is 9.59 Å². The number of hydrogen-bond acceptors (Lipinski definition) is 3. The molecular weight excluding hydrogens is 392 g/mol. The molecule has 5 rings (SSSR count). The highest BCUT2D eigenvalue weighted by molar-refractivity contribution is 9.10. The highest BCUT2D eigenvalue weighted by atomic mass is 79.9. The Morgan fingerprint density at radius 2 is 1.65 bits per heavy atom. The van der Waals surface area contributed by atoms with Crippen LogP contribution >= 0.6 is 15.9 Å². The number of imide groups is 1. The van der Waals surface area contributed by atoms with E-state index < -0.39 is 0 Å². The van der Waals surface area contributed by atoms with Crippen molar-refractivity contribution in [3.05, 3.63) is 82.5 Å². The first-order valence-corrected chi connectivity index (χ1v) is 8.89. The van der Waals surface area contributed by atoms with Crippen LogP contribution in [0.4, 0.5) is 5.69 Å². The number of benzene rings is 3. The minimum absolute atomic E-state index is 0.311. The first-order valence-electron chi connectivity index (χ1n) is 8.10. The lowest BCUT2D eigenvalue weighted by atomic mass is 9.93. The third-order valence-electron chi connectivity index (χ3n) is 4.70. The second-order valence-corrected chi connectivity index (χ2v) is 7.00. The Morgan fingerprint density at radius 1 is 0.846 bits per heavy atom. The van der Waals surface area contributed by atoms with Crippen LogP contribution in [0.2, 0.25) is 0 Å². The summed E-state index contributed by atoms with van der Waals surface area (Å²) in [5.74, 6) is -0.621. The van der Waals surface area contributed by atoms with E-state index >= 15 is 0 Å². The van der Waals surface area contributed by atoms with Gasteiger partial charge in [-0.3, -0.25) is 14.6 Å². The van der Waals surface area contributed by atoms with Gasteiger partial charge in [0.2, 0.25) is 0 Å². The SMILES string of the molecule is O=C1c2cccc3c(Br)ccc(c23)C(=O)N1c1ccc2ncccc2c1. The van der Waals surface area contributed by atoms with Crippen LogP contribution in [0.15, 0.2) is 71.3 Å². The summed E-state index contributed by atoms with van der Waals surface area (Å²) in [6.45, 7) is 0. The van der Waals surface area contributed by atoms with Crippen LogP contribution in [0.1, 0.15) is 20.7 Å². The molecule has 1 aliphatic rings. The Kier molecular flexibility index (Phi) is 3.21. The van der Waals surface area contributed by atoms with Gasteiger partial charge in [-0.15, -0.1) is 0 Å². The summed E-state index contributed by atoms with van der Waals surface area (Å²) in [6.07, 6.45) is 1.72. The lowest BCUT2D eigenvalue weighted by Gasteiger charge is -2.27. The molecule has 2 heterocycles. The number of hydrogen-bond donors (Lipinski definition) is 0. The number of carbonyl (C=O) groups excluding carboxylic acids is 2. The molecule has 0 bridgehead atoms. The van der Waals surface area contributed by atoms with E-state index in [0.717, 1.165) is 20.8 Å². The molecule has 0 N–H and O–H groups in total. The zero-order chi connectivity index (χ0) is 17.8. The number of anilines is 1. The average molecular weight is 403 g/mol. The van der Waals surface area contributed by atoms with E-state index in [1.807, 2.05) is 42.5 Å². The van der Waals surface area contributed by atoms with Crippen molar-refractivity contribution in [1.29, 1.82) is 0 Å². The molecule has 0 aliphatic carbocycles. The quantitative estimate of drug-likeness (QED) is 0.423. The van der Waals surface area contributed by atoms with E-state index in [1.54, 1.807) is 24.4 Å². The maximum Gasteiger partial charge on any atom is 0.265 e. The average Bonchev–Trinajstić information content (AvgIpc) is 2.67. The predicted molar refractivity (Wildman–Crippen MR) is 105 cm³/mol. The molecule has 3 aromatic carbocycles. The number of carbonyl (C=O) groups is 2. The van der Waals surface area contributed by atoms with Crippen molar-refractivity contribution in [2.24, 2.45) is 0 Å². The molecule has 1 aromatic heterocycles. The minimum Gasteiger partial charge on any atom is -0.268 e. The molecule has 0 atom stereocenters. The van der Waals surface area contributed by atoms with Crippen molar-refractivity contribution >= 4 is 55.1 Å². The summed E-state index contributed by atoms with van der Waals surface area (Å²) >= 11 is 3.50. The lowest BCUT2D eigenvalue weighted by Crippen LogP contribution is -2.40. The largest absolute Gasteiger partial charge is 0.268 e. The van der Waals surface area contributed by atoms with Gasteiger partial charge in [0.05, 0.1) is 11.2 Å². The Morgan fingerprint density at radius 3 is 2.50 bits per heavy atom. The summed E-state index contributed by atoms with van der Waals surface area (Å²) in [5, 5.41) is 2.45. The van der Waals surface area contributed by atoms with Crippen molar-refractivity contribution < 1.29 is 9.59 Å². The fourth-order valence-corrected chi connectivity index (χ4v) is 3.96. The summed E-state index contributed by atoms with van der Waals surface area (Å²) in [7, 11) is 0. The van der Waals surface area contributed by atoms with Crippen LogP contribution in [0.3, 0.4) is 0 Å². The van der Waals surface area contributed by atoms with Gasteiger partial charge in [-0.2, -0.15) is 0 Å². The molecule has 0 radical (unpaired) electrons. The third-order valence-corrected chi connectivity index (χ3v) is 5.39. The molecule has 4 nitrogen and oxygen atoms in total. The molecule has 4 aromatic rings. The van der Waals surface area contributed by atoms with E-state index in [2.05, 4.69) is 20.9 Å². The molecule has 0 spiro atoms. The van der Waals surface area contributed by atoms with Crippen LogP contribution in [0.25, 0.3) is 21.7 Å². The predicted octanol–water partition coefficient (Wildman–Crippen LogP) is 4.95. The fraction of sp³-hybridized carbons (Fsp3) is 0.